The van der Waals surface area contributed by atoms with Crippen molar-refractivity contribution < 1.29 is 28.8 Å². The van der Waals surface area contributed by atoms with Crippen LogP contribution in [0.25, 0.3) is 11.3 Å². The van der Waals surface area contributed by atoms with Crippen LogP contribution in [0.5, 0.6) is 0 Å². The monoisotopic (exact) mass is 483 g/mol. The smallest absolute Gasteiger partial charge is 0.161 e. The number of aryl methyl sites for hydroxylation is 1. The van der Waals surface area contributed by atoms with Crippen molar-refractivity contribution in [3.63, 3.8) is 0 Å². The summed E-state index contributed by atoms with van der Waals surface area (Å²) in [5.41, 5.74) is -0.207. The van der Waals surface area contributed by atoms with Gasteiger partial charge in [-0.25, -0.2) is 13.5 Å². The lowest BCUT2D eigenvalue weighted by atomic mass is 9.97. The number of rotatable bonds is 5. The molecule has 0 bridgehead atoms. The lowest BCUT2D eigenvalue weighted by Crippen LogP contribution is -2.55. The van der Waals surface area contributed by atoms with Crippen LogP contribution < -0.4 is 0 Å². The molecule has 7 nitrogen and oxygen atoms in total. The largest absolute Gasteiger partial charge is 0.394 e. The average Bonchev–Trinajstić information content (AvgIpc) is 3.23. The molecule has 0 spiro atoms. The molecule has 170 valence electrons. The van der Waals surface area contributed by atoms with Crippen molar-refractivity contribution in [1.29, 1.82) is 0 Å². The highest BCUT2D eigenvalue weighted by Gasteiger charge is 2.46. The molecule has 11 heteroatoms. The molecule has 0 aliphatic carbocycles. The number of nitrogens with zero attached hydrogens (tertiary/aromatic N) is 3. The van der Waals surface area contributed by atoms with Gasteiger partial charge in [-0.2, -0.15) is 0 Å². The van der Waals surface area contributed by atoms with E-state index < -0.39 is 48.0 Å². The van der Waals surface area contributed by atoms with Gasteiger partial charge in [-0.3, -0.25) is 0 Å². The summed E-state index contributed by atoms with van der Waals surface area (Å²) in [6.45, 7) is 0.947. The molecule has 32 heavy (non-hydrogen) atoms. The molecule has 3 aromatic rings. The molecule has 3 N–H and O–H groups in total. The fraction of sp³-hybridized carbons (Fsp3) is 0.333. The minimum Gasteiger partial charge on any atom is -0.394 e. The van der Waals surface area contributed by atoms with E-state index in [-0.39, 0.29) is 11.3 Å². The highest BCUT2D eigenvalue weighted by Crippen LogP contribution is 2.38. The number of halogens is 3. The number of hydrogen-bond donors (Lipinski definition) is 3. The number of hydrogen-bond acceptors (Lipinski definition) is 7. The first kappa shape index (κ1) is 23.1. The summed E-state index contributed by atoms with van der Waals surface area (Å²) in [6, 6.07) is 8.38. The van der Waals surface area contributed by atoms with Crippen LogP contribution in [0.1, 0.15) is 11.6 Å². The summed E-state index contributed by atoms with van der Waals surface area (Å²) >= 11 is 7.21. The molecule has 4 rings (SSSR count). The molecule has 2 aromatic carbocycles. The van der Waals surface area contributed by atoms with Crippen molar-refractivity contribution in [3.05, 3.63) is 64.8 Å². The Morgan fingerprint density at radius 3 is 2.66 bits per heavy atom. The van der Waals surface area contributed by atoms with Crippen LogP contribution >= 0.6 is 23.4 Å². The summed E-state index contributed by atoms with van der Waals surface area (Å²) in [4.78, 5) is 0.727. The van der Waals surface area contributed by atoms with Gasteiger partial charge in [0.2, 0.25) is 0 Å². The van der Waals surface area contributed by atoms with E-state index in [1.807, 2.05) is 0 Å². The Labute approximate surface area is 191 Å². The molecule has 0 amide bonds. The topological polar surface area (TPSA) is 101 Å². The molecule has 0 radical (unpaired) electrons. The first-order chi connectivity index (χ1) is 15.3. The van der Waals surface area contributed by atoms with E-state index in [9.17, 15) is 24.1 Å². The van der Waals surface area contributed by atoms with Gasteiger partial charge in [-0.15, -0.1) is 5.10 Å². The zero-order chi connectivity index (χ0) is 23.0. The molecular weight excluding hydrogens is 464 g/mol. The Morgan fingerprint density at radius 1 is 1.19 bits per heavy atom. The quantitative estimate of drug-likeness (QED) is 0.513. The van der Waals surface area contributed by atoms with E-state index in [0.717, 1.165) is 11.0 Å². The first-order valence-corrected chi connectivity index (χ1v) is 11.0. The zero-order valence-corrected chi connectivity index (χ0v) is 18.3. The predicted molar refractivity (Wildman–Crippen MR) is 114 cm³/mol. The summed E-state index contributed by atoms with van der Waals surface area (Å²) in [6.07, 6.45) is -2.10. The van der Waals surface area contributed by atoms with E-state index >= 15 is 0 Å². The highest BCUT2D eigenvalue weighted by atomic mass is 35.5. The van der Waals surface area contributed by atoms with Crippen molar-refractivity contribution in [2.45, 2.75) is 41.6 Å². The van der Waals surface area contributed by atoms with Crippen LogP contribution in [0.4, 0.5) is 8.78 Å². The van der Waals surface area contributed by atoms with Crippen molar-refractivity contribution in [2.75, 3.05) is 6.61 Å². The highest BCUT2D eigenvalue weighted by molar-refractivity contribution is 7.99. The maximum Gasteiger partial charge on any atom is 0.161 e. The number of aliphatic hydroxyl groups excluding tert-OH is 3. The van der Waals surface area contributed by atoms with Gasteiger partial charge in [-0.1, -0.05) is 34.6 Å². The third kappa shape index (κ3) is 4.52. The first-order valence-electron chi connectivity index (χ1n) is 9.71. The van der Waals surface area contributed by atoms with E-state index in [1.165, 1.54) is 35.6 Å². The lowest BCUT2D eigenvalue weighted by molar-refractivity contribution is -0.178. The summed E-state index contributed by atoms with van der Waals surface area (Å²) in [5, 5.41) is 39.9. The predicted octanol–water partition coefficient (Wildman–Crippen LogP) is 2.96. The van der Waals surface area contributed by atoms with E-state index in [4.69, 9.17) is 16.3 Å². The molecule has 2 unspecified atom stereocenters. The second kappa shape index (κ2) is 9.42. The third-order valence-electron chi connectivity index (χ3n) is 5.22. The molecule has 5 atom stereocenters. The fourth-order valence-electron chi connectivity index (χ4n) is 3.58. The van der Waals surface area contributed by atoms with E-state index in [1.54, 1.807) is 24.3 Å². The van der Waals surface area contributed by atoms with Gasteiger partial charge in [-0.05, 0) is 42.8 Å². The summed E-state index contributed by atoms with van der Waals surface area (Å²) in [7, 11) is 0. The van der Waals surface area contributed by atoms with Crippen molar-refractivity contribution in [1.82, 2.24) is 15.0 Å². The molecule has 1 aromatic heterocycles. The van der Waals surface area contributed by atoms with Crippen LogP contribution in [0.2, 0.25) is 5.02 Å². The van der Waals surface area contributed by atoms with Crippen LogP contribution in [0.3, 0.4) is 0 Å². The number of aliphatic hydroxyl groups is 3. The lowest BCUT2D eigenvalue weighted by Gasteiger charge is -2.41. The Balaban J connectivity index is 1.64. The normalized spacial score (nSPS) is 25.8. The van der Waals surface area contributed by atoms with Gasteiger partial charge < -0.3 is 20.1 Å². The minimum atomic E-state index is -1.30. The van der Waals surface area contributed by atoms with Crippen LogP contribution in [-0.2, 0) is 4.74 Å². The standard InChI is InChI=1S/C21H20ClF2N3O4S/c1-10-5-11(6-14(23)17(10)24)15-8-27(26-25-15)18-19(29)16(9-28)31-21(20(18)30)32-13-4-2-3-12(22)7-13/h2-8,16,18-21,28-30H,9H2,1H3/t16?,18-,19-,20?,21+/m0/s1. The van der Waals surface area contributed by atoms with Gasteiger partial charge in [0.05, 0.1) is 12.8 Å². The number of thioether (sulfide) groups is 1. The van der Waals surface area contributed by atoms with Crippen LogP contribution in [0, 0.1) is 18.6 Å². The summed E-state index contributed by atoms with van der Waals surface area (Å²) < 4.78 is 34.4. The molecule has 1 fully saturated rings. The Kier molecular flexibility index (Phi) is 6.80. The van der Waals surface area contributed by atoms with Crippen molar-refractivity contribution in [2.24, 2.45) is 0 Å². The second-order valence-electron chi connectivity index (χ2n) is 7.45. The maximum atomic E-state index is 13.8. The molecule has 1 saturated heterocycles. The van der Waals surface area contributed by atoms with Crippen LogP contribution in [-0.4, -0.2) is 60.7 Å². The van der Waals surface area contributed by atoms with E-state index in [0.29, 0.717) is 10.6 Å². The molecule has 0 saturated carbocycles. The van der Waals surface area contributed by atoms with E-state index in [2.05, 4.69) is 10.3 Å². The SMILES string of the molecule is Cc1cc(-c2cn([C@@H]3C(O)[C@@H](Sc4cccc(Cl)c4)OC(CO)[C@@H]3O)nn2)cc(F)c1F. The Morgan fingerprint density at radius 2 is 1.97 bits per heavy atom. The van der Waals surface area contributed by atoms with Gasteiger partial charge in [0.25, 0.3) is 0 Å². The average molecular weight is 484 g/mol. The van der Waals surface area contributed by atoms with Gasteiger partial charge in [0.15, 0.2) is 11.6 Å². The second-order valence-corrected chi connectivity index (χ2v) is 9.05. The third-order valence-corrected chi connectivity index (χ3v) is 6.60. The van der Waals surface area contributed by atoms with Gasteiger partial charge in [0, 0.05) is 15.5 Å². The maximum absolute atomic E-state index is 13.8. The number of aromatic nitrogens is 3. The van der Waals surface area contributed by atoms with Crippen molar-refractivity contribution >= 4 is 23.4 Å². The van der Waals surface area contributed by atoms with Crippen molar-refractivity contribution in [3.8, 4) is 11.3 Å². The van der Waals surface area contributed by atoms with Crippen LogP contribution in [0.15, 0.2) is 47.5 Å². The fourth-order valence-corrected chi connectivity index (χ4v) is 4.96. The molecular formula is C21H20ClF2N3O4S. The van der Waals surface area contributed by atoms with Gasteiger partial charge in [0.1, 0.15) is 35.5 Å². The minimum absolute atomic E-state index is 0.110. The molecule has 2 heterocycles. The van der Waals surface area contributed by atoms with Gasteiger partial charge >= 0.3 is 0 Å². The molecule has 1 aliphatic rings. The Hall–Kier alpha value is -2.08. The zero-order valence-electron chi connectivity index (χ0n) is 16.8. The Bertz CT molecular complexity index is 1100. The summed E-state index contributed by atoms with van der Waals surface area (Å²) in [5.74, 6) is -1.96. The number of benzene rings is 2. The molecule has 1 aliphatic heterocycles. The number of ether oxygens (including phenoxy) is 1.